The summed E-state index contributed by atoms with van der Waals surface area (Å²) in [6.07, 6.45) is -0.400. The van der Waals surface area contributed by atoms with Gasteiger partial charge in [-0.2, -0.15) is 4.31 Å². The summed E-state index contributed by atoms with van der Waals surface area (Å²) in [7, 11) is -3.80. The predicted molar refractivity (Wildman–Crippen MR) is 92.3 cm³/mol. The molecule has 3 rings (SSSR count). The number of carboxylic acids is 1. The van der Waals surface area contributed by atoms with E-state index in [1.54, 1.807) is 24.3 Å². The van der Waals surface area contributed by atoms with E-state index in [0.29, 0.717) is 5.02 Å². The van der Waals surface area contributed by atoms with Crippen molar-refractivity contribution in [3.8, 4) is 0 Å². The number of rotatable bonds is 4. The number of hydrogen-bond acceptors (Lipinski definition) is 4. The summed E-state index contributed by atoms with van der Waals surface area (Å²) in [5.41, 5.74) is 0.771. The predicted octanol–water partition coefficient (Wildman–Crippen LogP) is 2.80. The molecule has 1 atom stereocenters. The highest BCUT2D eigenvalue weighted by Gasteiger charge is 2.31. The summed E-state index contributed by atoms with van der Waals surface area (Å²) in [5.74, 6) is -1.17. The second-order valence-corrected chi connectivity index (χ2v) is 7.98. The Balaban J connectivity index is 1.86. The first-order valence-electron chi connectivity index (χ1n) is 7.58. The molecule has 0 bridgehead atoms. The standard InChI is InChI=1S/C17H16ClNO5S/c18-14-6-4-12(5-7-14)16-11-19(8-9-24-16)25(22,23)15-3-1-2-13(10-15)17(20)21/h1-7,10,16H,8-9,11H2,(H,20,21). The molecule has 132 valence electrons. The maximum absolute atomic E-state index is 12.8. The SMILES string of the molecule is O=C(O)c1cccc(S(=O)(=O)N2CCOC(c3ccc(Cl)cc3)C2)c1. The number of halogens is 1. The number of morpholine rings is 1. The lowest BCUT2D eigenvalue weighted by atomic mass is 10.1. The summed E-state index contributed by atoms with van der Waals surface area (Å²) in [6.45, 7) is 0.621. The second kappa shape index (κ2) is 7.13. The summed E-state index contributed by atoms with van der Waals surface area (Å²) >= 11 is 5.88. The van der Waals surface area contributed by atoms with Gasteiger partial charge < -0.3 is 9.84 Å². The van der Waals surface area contributed by atoms with Gasteiger partial charge in [-0.25, -0.2) is 13.2 Å². The first-order valence-corrected chi connectivity index (χ1v) is 9.40. The Hall–Kier alpha value is -1.93. The third-order valence-corrected chi connectivity index (χ3v) is 6.10. The molecule has 2 aromatic rings. The third kappa shape index (κ3) is 3.85. The van der Waals surface area contributed by atoms with E-state index in [2.05, 4.69) is 0 Å². The summed E-state index contributed by atoms with van der Waals surface area (Å²) in [6, 6.07) is 12.4. The zero-order valence-electron chi connectivity index (χ0n) is 13.1. The van der Waals surface area contributed by atoms with Crippen LogP contribution in [0.3, 0.4) is 0 Å². The normalized spacial score (nSPS) is 18.8. The molecular weight excluding hydrogens is 366 g/mol. The van der Waals surface area contributed by atoms with Crippen LogP contribution in [0.2, 0.25) is 5.02 Å². The highest BCUT2D eigenvalue weighted by atomic mass is 35.5. The second-order valence-electron chi connectivity index (χ2n) is 5.61. The van der Waals surface area contributed by atoms with Gasteiger partial charge in [0.1, 0.15) is 0 Å². The van der Waals surface area contributed by atoms with Crippen LogP contribution in [0.1, 0.15) is 22.0 Å². The smallest absolute Gasteiger partial charge is 0.335 e. The van der Waals surface area contributed by atoms with Crippen molar-refractivity contribution in [3.05, 3.63) is 64.7 Å². The molecular formula is C17H16ClNO5S. The van der Waals surface area contributed by atoms with Crippen LogP contribution < -0.4 is 0 Å². The van der Waals surface area contributed by atoms with Crippen molar-refractivity contribution in [1.29, 1.82) is 0 Å². The lowest BCUT2D eigenvalue weighted by molar-refractivity contribution is -0.00255. The molecule has 0 aliphatic carbocycles. The van der Waals surface area contributed by atoms with E-state index in [1.807, 2.05) is 0 Å². The molecule has 1 heterocycles. The fourth-order valence-electron chi connectivity index (χ4n) is 2.66. The molecule has 1 fully saturated rings. The van der Waals surface area contributed by atoms with E-state index >= 15 is 0 Å². The van der Waals surface area contributed by atoms with Crippen LogP contribution in [-0.4, -0.2) is 43.5 Å². The number of sulfonamides is 1. The van der Waals surface area contributed by atoms with Crippen LogP contribution in [-0.2, 0) is 14.8 Å². The van der Waals surface area contributed by atoms with Gasteiger partial charge in [0.05, 0.1) is 23.2 Å². The van der Waals surface area contributed by atoms with E-state index in [0.717, 1.165) is 5.56 Å². The lowest BCUT2D eigenvalue weighted by Crippen LogP contribution is -2.42. The summed E-state index contributed by atoms with van der Waals surface area (Å²) in [4.78, 5) is 11.0. The fraction of sp³-hybridized carbons (Fsp3) is 0.235. The van der Waals surface area contributed by atoms with E-state index in [9.17, 15) is 13.2 Å². The zero-order valence-corrected chi connectivity index (χ0v) is 14.7. The molecule has 1 unspecified atom stereocenters. The molecule has 8 heteroatoms. The number of nitrogens with zero attached hydrogens (tertiary/aromatic N) is 1. The van der Waals surface area contributed by atoms with Gasteiger partial charge in [-0.05, 0) is 35.9 Å². The first-order chi connectivity index (χ1) is 11.9. The minimum absolute atomic E-state index is 0.0378. The highest BCUT2D eigenvalue weighted by Crippen LogP contribution is 2.27. The topological polar surface area (TPSA) is 83.9 Å². The van der Waals surface area contributed by atoms with E-state index < -0.39 is 22.1 Å². The van der Waals surface area contributed by atoms with Crippen LogP contribution in [0.4, 0.5) is 0 Å². The molecule has 0 amide bonds. The third-order valence-electron chi connectivity index (χ3n) is 3.99. The number of carbonyl (C=O) groups is 1. The van der Waals surface area contributed by atoms with E-state index in [1.165, 1.54) is 28.6 Å². The van der Waals surface area contributed by atoms with Gasteiger partial charge in [-0.15, -0.1) is 0 Å². The highest BCUT2D eigenvalue weighted by molar-refractivity contribution is 7.89. The number of carboxylic acid groups (broad SMARTS) is 1. The quantitative estimate of drug-likeness (QED) is 0.880. The molecule has 1 saturated heterocycles. The maximum atomic E-state index is 12.8. The van der Waals surface area contributed by atoms with Crippen LogP contribution in [0.25, 0.3) is 0 Å². The fourth-order valence-corrected chi connectivity index (χ4v) is 4.26. The number of hydrogen-bond donors (Lipinski definition) is 1. The van der Waals surface area contributed by atoms with E-state index in [4.69, 9.17) is 21.4 Å². The van der Waals surface area contributed by atoms with Crippen molar-refractivity contribution in [2.45, 2.75) is 11.0 Å². The molecule has 1 N–H and O–H groups in total. The molecule has 0 radical (unpaired) electrons. The molecule has 25 heavy (non-hydrogen) atoms. The minimum atomic E-state index is -3.80. The largest absolute Gasteiger partial charge is 0.478 e. The molecule has 1 aliphatic rings. The lowest BCUT2D eigenvalue weighted by Gasteiger charge is -2.32. The molecule has 0 saturated carbocycles. The van der Waals surface area contributed by atoms with Gasteiger partial charge in [-0.1, -0.05) is 29.8 Å². The Morgan fingerprint density at radius 2 is 1.92 bits per heavy atom. The number of ether oxygens (including phenoxy) is 1. The Morgan fingerprint density at radius 1 is 1.20 bits per heavy atom. The molecule has 2 aromatic carbocycles. The van der Waals surface area contributed by atoms with Crippen molar-refractivity contribution < 1.29 is 23.1 Å². The van der Waals surface area contributed by atoms with Gasteiger partial charge >= 0.3 is 5.97 Å². The van der Waals surface area contributed by atoms with Crippen LogP contribution >= 0.6 is 11.6 Å². The maximum Gasteiger partial charge on any atom is 0.335 e. The average Bonchev–Trinajstić information content (AvgIpc) is 2.62. The van der Waals surface area contributed by atoms with Gasteiger partial charge in [0, 0.05) is 18.1 Å². The average molecular weight is 382 g/mol. The monoisotopic (exact) mass is 381 g/mol. The summed E-state index contributed by atoms with van der Waals surface area (Å²) < 4.78 is 32.7. The van der Waals surface area contributed by atoms with Gasteiger partial charge in [0.25, 0.3) is 0 Å². The Morgan fingerprint density at radius 3 is 2.60 bits per heavy atom. The van der Waals surface area contributed by atoms with Crippen LogP contribution in [0.15, 0.2) is 53.4 Å². The van der Waals surface area contributed by atoms with Crippen molar-refractivity contribution in [3.63, 3.8) is 0 Å². The van der Waals surface area contributed by atoms with Gasteiger partial charge in [-0.3, -0.25) is 0 Å². The van der Waals surface area contributed by atoms with Crippen LogP contribution in [0.5, 0.6) is 0 Å². The summed E-state index contributed by atoms with van der Waals surface area (Å²) in [5, 5.41) is 9.65. The molecule has 1 aliphatic heterocycles. The minimum Gasteiger partial charge on any atom is -0.478 e. The van der Waals surface area contributed by atoms with Crippen molar-refractivity contribution in [2.75, 3.05) is 19.7 Å². The van der Waals surface area contributed by atoms with Gasteiger partial charge in [0.2, 0.25) is 10.0 Å². The van der Waals surface area contributed by atoms with Crippen molar-refractivity contribution in [2.24, 2.45) is 0 Å². The van der Waals surface area contributed by atoms with Crippen molar-refractivity contribution in [1.82, 2.24) is 4.31 Å². The first kappa shape index (κ1) is 17.9. The van der Waals surface area contributed by atoms with Crippen LogP contribution in [0, 0.1) is 0 Å². The van der Waals surface area contributed by atoms with Gasteiger partial charge in [0.15, 0.2) is 0 Å². The zero-order chi connectivity index (χ0) is 18.0. The number of benzene rings is 2. The van der Waals surface area contributed by atoms with E-state index in [-0.39, 0.29) is 30.2 Å². The van der Waals surface area contributed by atoms with Crippen molar-refractivity contribution >= 4 is 27.6 Å². The molecule has 6 nitrogen and oxygen atoms in total. The Kier molecular flexibility index (Phi) is 5.10. The Labute approximate surface area is 150 Å². The number of aromatic carboxylic acids is 1. The molecule has 0 aromatic heterocycles. The Bertz CT molecular complexity index is 882. The molecule has 0 spiro atoms.